The molecule has 0 aliphatic heterocycles. The molecule has 0 amide bonds. The quantitative estimate of drug-likeness (QED) is 0.733. The van der Waals surface area contributed by atoms with Crippen molar-refractivity contribution in [3.8, 4) is 11.8 Å². The Morgan fingerprint density at radius 3 is 2.61 bits per heavy atom. The van der Waals surface area contributed by atoms with Gasteiger partial charge in [-0.1, -0.05) is 39.9 Å². The molecule has 0 bridgehead atoms. The number of halogens is 2. The lowest BCUT2D eigenvalue weighted by molar-refractivity contribution is 0.143. The van der Waals surface area contributed by atoms with E-state index in [1.807, 2.05) is 12.1 Å². The summed E-state index contributed by atoms with van der Waals surface area (Å²) < 4.78 is 15.1. The van der Waals surface area contributed by atoms with E-state index in [0.29, 0.717) is 10.9 Å². The van der Waals surface area contributed by atoms with Crippen molar-refractivity contribution >= 4 is 26.7 Å². The Bertz CT molecular complexity index is 660. The van der Waals surface area contributed by atoms with Crippen molar-refractivity contribution in [3.63, 3.8) is 0 Å². The van der Waals surface area contributed by atoms with Crippen molar-refractivity contribution in [2.75, 3.05) is 0 Å². The van der Waals surface area contributed by atoms with E-state index in [-0.39, 0.29) is 5.82 Å². The van der Waals surface area contributed by atoms with E-state index in [1.54, 1.807) is 32.0 Å². The predicted molar refractivity (Wildman–Crippen MR) is 74.8 cm³/mol. The van der Waals surface area contributed by atoms with Gasteiger partial charge in [0.05, 0.1) is 5.56 Å². The van der Waals surface area contributed by atoms with Crippen LogP contribution < -0.4 is 0 Å². The van der Waals surface area contributed by atoms with Gasteiger partial charge in [-0.2, -0.15) is 0 Å². The van der Waals surface area contributed by atoms with E-state index in [0.717, 1.165) is 9.86 Å². The van der Waals surface area contributed by atoms with Crippen LogP contribution in [0.3, 0.4) is 0 Å². The third-order valence-corrected chi connectivity index (χ3v) is 2.91. The SMILES string of the molecule is CC(C)(O)C#Cc1ccc2cc(Br)ccc2c1F. The predicted octanol–water partition coefficient (Wildman–Crippen LogP) is 3.86. The molecule has 0 aliphatic carbocycles. The number of fused-ring (bicyclic) bond motifs is 1. The molecule has 0 aliphatic rings. The zero-order chi connectivity index (χ0) is 13.3. The van der Waals surface area contributed by atoms with Crippen LogP contribution in [0.4, 0.5) is 4.39 Å². The Morgan fingerprint density at radius 1 is 1.22 bits per heavy atom. The third-order valence-electron chi connectivity index (χ3n) is 2.42. The molecule has 0 radical (unpaired) electrons. The lowest BCUT2D eigenvalue weighted by Crippen LogP contribution is -2.14. The fourth-order valence-corrected chi connectivity index (χ4v) is 1.96. The Hall–Kier alpha value is -1.37. The summed E-state index contributed by atoms with van der Waals surface area (Å²) in [4.78, 5) is 0. The third kappa shape index (κ3) is 2.90. The number of benzene rings is 2. The summed E-state index contributed by atoms with van der Waals surface area (Å²) in [5, 5.41) is 10.9. The topological polar surface area (TPSA) is 20.2 Å². The second-order valence-corrected chi connectivity index (χ2v) is 5.52. The lowest BCUT2D eigenvalue weighted by atomic mass is 10.0. The van der Waals surface area contributed by atoms with Crippen LogP contribution in [0.15, 0.2) is 34.8 Å². The Labute approximate surface area is 114 Å². The van der Waals surface area contributed by atoms with Gasteiger partial charge in [-0.25, -0.2) is 4.39 Å². The minimum atomic E-state index is -1.12. The summed E-state index contributed by atoms with van der Waals surface area (Å²) >= 11 is 3.35. The van der Waals surface area contributed by atoms with Crippen molar-refractivity contribution in [1.82, 2.24) is 0 Å². The zero-order valence-corrected chi connectivity index (χ0v) is 11.7. The smallest absolute Gasteiger partial charge is 0.146 e. The molecule has 0 unspecified atom stereocenters. The number of hydrogen-bond acceptors (Lipinski definition) is 1. The van der Waals surface area contributed by atoms with Crippen molar-refractivity contribution in [3.05, 3.63) is 46.2 Å². The second kappa shape index (κ2) is 4.72. The fraction of sp³-hybridized carbons (Fsp3) is 0.200. The van der Waals surface area contributed by atoms with Gasteiger partial charge in [-0.3, -0.25) is 0 Å². The van der Waals surface area contributed by atoms with Gasteiger partial charge in [0.1, 0.15) is 11.4 Å². The number of rotatable bonds is 0. The van der Waals surface area contributed by atoms with Gasteiger partial charge in [0.2, 0.25) is 0 Å². The van der Waals surface area contributed by atoms with Gasteiger partial charge >= 0.3 is 0 Å². The highest BCUT2D eigenvalue weighted by molar-refractivity contribution is 9.10. The van der Waals surface area contributed by atoms with Gasteiger partial charge in [-0.05, 0) is 37.4 Å². The van der Waals surface area contributed by atoms with Crippen LogP contribution in [-0.4, -0.2) is 10.7 Å². The van der Waals surface area contributed by atoms with E-state index in [2.05, 4.69) is 27.8 Å². The summed E-state index contributed by atoms with van der Waals surface area (Å²) in [6.07, 6.45) is 0. The first-order valence-corrected chi connectivity index (χ1v) is 6.29. The monoisotopic (exact) mass is 306 g/mol. The summed E-state index contributed by atoms with van der Waals surface area (Å²) in [7, 11) is 0. The zero-order valence-electron chi connectivity index (χ0n) is 10.1. The molecule has 0 spiro atoms. The molecule has 1 N–H and O–H groups in total. The minimum Gasteiger partial charge on any atom is -0.378 e. The van der Waals surface area contributed by atoms with E-state index < -0.39 is 5.60 Å². The van der Waals surface area contributed by atoms with Gasteiger partial charge in [0.25, 0.3) is 0 Å². The fourth-order valence-electron chi connectivity index (χ4n) is 1.58. The Balaban J connectivity index is 2.58. The average molecular weight is 307 g/mol. The molecule has 1 nitrogen and oxygen atoms in total. The van der Waals surface area contributed by atoms with Crippen LogP contribution in [-0.2, 0) is 0 Å². The van der Waals surface area contributed by atoms with Crippen molar-refractivity contribution in [1.29, 1.82) is 0 Å². The van der Waals surface area contributed by atoms with Crippen molar-refractivity contribution < 1.29 is 9.50 Å². The van der Waals surface area contributed by atoms with Gasteiger partial charge < -0.3 is 5.11 Å². The maximum atomic E-state index is 14.2. The molecule has 0 saturated heterocycles. The van der Waals surface area contributed by atoms with Gasteiger partial charge in [0, 0.05) is 9.86 Å². The molecule has 92 valence electrons. The number of aliphatic hydroxyl groups is 1. The molecule has 0 saturated carbocycles. The van der Waals surface area contributed by atoms with E-state index in [9.17, 15) is 9.50 Å². The molecule has 2 rings (SSSR count). The van der Waals surface area contributed by atoms with E-state index in [4.69, 9.17) is 0 Å². The van der Waals surface area contributed by atoms with Crippen LogP contribution in [0.2, 0.25) is 0 Å². The summed E-state index contributed by atoms with van der Waals surface area (Å²) in [5.41, 5.74) is -0.826. The lowest BCUT2D eigenvalue weighted by Gasteiger charge is -2.07. The second-order valence-electron chi connectivity index (χ2n) is 4.60. The number of hydrogen-bond donors (Lipinski definition) is 1. The molecule has 2 aromatic rings. The van der Waals surface area contributed by atoms with Crippen molar-refractivity contribution in [2.24, 2.45) is 0 Å². The molecule has 0 heterocycles. The Morgan fingerprint density at radius 2 is 1.94 bits per heavy atom. The van der Waals surface area contributed by atoms with Crippen molar-refractivity contribution in [2.45, 2.75) is 19.4 Å². The van der Waals surface area contributed by atoms with Crippen LogP contribution in [0, 0.1) is 17.7 Å². The highest BCUT2D eigenvalue weighted by Crippen LogP contribution is 2.24. The Kier molecular flexibility index (Phi) is 3.43. The molecule has 0 atom stereocenters. The highest BCUT2D eigenvalue weighted by Gasteiger charge is 2.09. The molecule has 3 heteroatoms. The van der Waals surface area contributed by atoms with Crippen LogP contribution in [0.25, 0.3) is 10.8 Å². The maximum Gasteiger partial charge on any atom is 0.146 e. The normalized spacial score (nSPS) is 11.2. The molecule has 0 aromatic heterocycles. The first-order chi connectivity index (χ1) is 8.37. The van der Waals surface area contributed by atoms with E-state index >= 15 is 0 Å². The minimum absolute atomic E-state index is 0.298. The van der Waals surface area contributed by atoms with Crippen LogP contribution >= 0.6 is 15.9 Å². The maximum absolute atomic E-state index is 14.2. The largest absolute Gasteiger partial charge is 0.378 e. The van der Waals surface area contributed by atoms with E-state index in [1.165, 1.54) is 0 Å². The van der Waals surface area contributed by atoms with Crippen LogP contribution in [0.5, 0.6) is 0 Å². The highest BCUT2D eigenvalue weighted by atomic mass is 79.9. The first kappa shape index (κ1) is 13.1. The molecule has 2 aromatic carbocycles. The molecule has 0 fully saturated rings. The molecular formula is C15H12BrFO. The summed E-state index contributed by atoms with van der Waals surface area (Å²) in [6, 6.07) is 8.80. The molecule has 18 heavy (non-hydrogen) atoms. The van der Waals surface area contributed by atoms with Gasteiger partial charge in [0.15, 0.2) is 0 Å². The standard InChI is InChI=1S/C15H12BrFO/c1-15(2,18)8-7-10-3-4-11-9-12(16)5-6-13(11)14(10)17/h3-6,9,18H,1-2H3. The molecular weight excluding hydrogens is 295 g/mol. The summed E-state index contributed by atoms with van der Waals surface area (Å²) in [6.45, 7) is 3.13. The average Bonchev–Trinajstić information content (AvgIpc) is 2.26. The van der Waals surface area contributed by atoms with Gasteiger partial charge in [-0.15, -0.1) is 0 Å². The first-order valence-electron chi connectivity index (χ1n) is 5.50. The summed E-state index contributed by atoms with van der Waals surface area (Å²) in [5.74, 6) is 4.93. The van der Waals surface area contributed by atoms with Crippen LogP contribution in [0.1, 0.15) is 19.4 Å².